The maximum Gasteiger partial charge on any atom is 0.270 e. The number of ether oxygens (including phenoxy) is 1. The van der Waals surface area contributed by atoms with Crippen molar-refractivity contribution in [1.29, 1.82) is 0 Å². The average molecular weight is 383 g/mol. The summed E-state index contributed by atoms with van der Waals surface area (Å²) in [4.78, 5) is 12.8. The summed E-state index contributed by atoms with van der Waals surface area (Å²) >= 11 is 5.71. The highest BCUT2D eigenvalue weighted by Gasteiger charge is 2.54. The highest BCUT2D eigenvalue weighted by molar-refractivity contribution is 7.80. The topological polar surface area (TPSA) is 67.6 Å². The van der Waals surface area contributed by atoms with Gasteiger partial charge in [0.1, 0.15) is 5.75 Å². The molecule has 0 unspecified atom stereocenters. The molecule has 0 amide bonds. The first kappa shape index (κ1) is 17.7. The van der Waals surface area contributed by atoms with Crippen LogP contribution in [0.15, 0.2) is 42.5 Å². The second-order valence-electron chi connectivity index (χ2n) is 7.17. The zero-order valence-corrected chi connectivity index (χ0v) is 16.2. The first-order valence-corrected chi connectivity index (χ1v) is 9.43. The van der Waals surface area contributed by atoms with Gasteiger partial charge < -0.3 is 10.1 Å². The second-order valence-corrected chi connectivity index (χ2v) is 7.56. The lowest BCUT2D eigenvalue weighted by atomic mass is 9.80. The maximum atomic E-state index is 11.2. The molecule has 2 bridgehead atoms. The van der Waals surface area contributed by atoms with E-state index in [1.165, 1.54) is 11.6 Å². The van der Waals surface area contributed by atoms with Crippen molar-refractivity contribution >= 4 is 28.7 Å². The number of para-hydroxylation sites is 1. The molecule has 2 aromatic rings. The number of benzene rings is 2. The monoisotopic (exact) mass is 383 g/mol. The number of thiocarbonyl (C=S) groups is 1. The third-order valence-electron chi connectivity index (χ3n) is 5.74. The summed E-state index contributed by atoms with van der Waals surface area (Å²) in [6.07, 6.45) is 0.881. The fraction of sp³-hybridized carbons (Fsp3) is 0.350. The Hall–Kier alpha value is -2.67. The van der Waals surface area contributed by atoms with Gasteiger partial charge in [-0.15, -0.1) is 0 Å². The van der Waals surface area contributed by atoms with Gasteiger partial charge in [0.05, 0.1) is 16.7 Å². The van der Waals surface area contributed by atoms with E-state index in [1.807, 2.05) is 24.0 Å². The molecule has 7 heteroatoms. The Kier molecular flexibility index (Phi) is 4.07. The van der Waals surface area contributed by atoms with E-state index in [0.29, 0.717) is 10.9 Å². The van der Waals surface area contributed by atoms with Gasteiger partial charge in [-0.3, -0.25) is 15.0 Å². The number of hydrogen-bond donors (Lipinski definition) is 1. The van der Waals surface area contributed by atoms with E-state index in [4.69, 9.17) is 17.0 Å². The molecule has 2 aromatic carbocycles. The van der Waals surface area contributed by atoms with Crippen molar-refractivity contribution in [3.05, 3.63) is 63.7 Å². The average Bonchev–Trinajstić information content (AvgIpc) is 2.64. The second kappa shape index (κ2) is 6.20. The standard InChI is InChI=1S/C20H21N3O3S/c1-4-13-7-5-6-8-16(13)22-19(27)21-18-12(2)20(22,3)26-17-10-9-14(23(24)25)11-15(17)18/h5-12,18H,4H2,1-3H3,(H,21,27)/t12-,18-,20-/m1/s1. The minimum Gasteiger partial charge on any atom is -0.467 e. The number of nitro benzene ring substituents is 1. The summed E-state index contributed by atoms with van der Waals surface area (Å²) in [6, 6.07) is 12.8. The number of nitro groups is 1. The fourth-order valence-electron chi connectivity index (χ4n) is 4.11. The Morgan fingerprint density at radius 3 is 2.78 bits per heavy atom. The van der Waals surface area contributed by atoms with E-state index in [2.05, 4.69) is 31.3 Å². The van der Waals surface area contributed by atoms with Crippen LogP contribution in [0.2, 0.25) is 0 Å². The van der Waals surface area contributed by atoms with Crippen molar-refractivity contribution in [3.63, 3.8) is 0 Å². The molecule has 1 fully saturated rings. The lowest BCUT2D eigenvalue weighted by molar-refractivity contribution is -0.385. The predicted molar refractivity (Wildman–Crippen MR) is 108 cm³/mol. The Morgan fingerprint density at radius 1 is 1.33 bits per heavy atom. The fourth-order valence-corrected chi connectivity index (χ4v) is 4.51. The van der Waals surface area contributed by atoms with Crippen LogP contribution in [0.4, 0.5) is 11.4 Å². The number of fused-ring (bicyclic) bond motifs is 4. The van der Waals surface area contributed by atoms with E-state index >= 15 is 0 Å². The van der Waals surface area contributed by atoms with Gasteiger partial charge in [0.25, 0.3) is 5.69 Å². The normalized spacial score (nSPS) is 26.0. The molecule has 140 valence electrons. The summed E-state index contributed by atoms with van der Waals surface area (Å²) in [6.45, 7) is 6.24. The minimum absolute atomic E-state index is 0.0172. The van der Waals surface area contributed by atoms with E-state index < -0.39 is 5.72 Å². The number of aryl methyl sites for hydroxylation is 1. The zero-order chi connectivity index (χ0) is 19.3. The summed E-state index contributed by atoms with van der Waals surface area (Å²) in [7, 11) is 0. The number of hydrogen-bond acceptors (Lipinski definition) is 4. The molecule has 0 aromatic heterocycles. The first-order chi connectivity index (χ1) is 12.9. The molecule has 3 atom stereocenters. The molecule has 1 saturated heterocycles. The summed E-state index contributed by atoms with van der Waals surface area (Å²) in [5, 5.41) is 15.2. The van der Waals surface area contributed by atoms with Gasteiger partial charge in [-0.25, -0.2) is 0 Å². The van der Waals surface area contributed by atoms with Crippen LogP contribution in [-0.4, -0.2) is 15.8 Å². The van der Waals surface area contributed by atoms with Crippen molar-refractivity contribution in [2.24, 2.45) is 5.92 Å². The molecular weight excluding hydrogens is 362 g/mol. The van der Waals surface area contributed by atoms with Gasteiger partial charge in [0.2, 0.25) is 0 Å². The summed E-state index contributed by atoms with van der Waals surface area (Å²) < 4.78 is 6.45. The van der Waals surface area contributed by atoms with Crippen molar-refractivity contribution in [1.82, 2.24) is 5.32 Å². The Morgan fingerprint density at radius 2 is 2.07 bits per heavy atom. The Bertz CT molecular complexity index is 948. The molecule has 2 aliphatic rings. The van der Waals surface area contributed by atoms with E-state index in [-0.39, 0.29) is 22.6 Å². The molecular formula is C20H21N3O3S. The predicted octanol–water partition coefficient (Wildman–Crippen LogP) is 4.34. The molecule has 0 radical (unpaired) electrons. The van der Waals surface area contributed by atoms with Gasteiger partial charge in [0, 0.05) is 23.6 Å². The lowest BCUT2D eigenvalue weighted by Gasteiger charge is -2.56. The van der Waals surface area contributed by atoms with Crippen molar-refractivity contribution in [2.75, 3.05) is 4.90 Å². The molecule has 0 saturated carbocycles. The number of nitrogens with zero attached hydrogens (tertiary/aromatic N) is 2. The Labute approximate surface area is 163 Å². The van der Waals surface area contributed by atoms with Crippen LogP contribution < -0.4 is 15.0 Å². The van der Waals surface area contributed by atoms with Crippen LogP contribution in [-0.2, 0) is 6.42 Å². The Balaban J connectivity index is 1.85. The van der Waals surface area contributed by atoms with Gasteiger partial charge in [-0.1, -0.05) is 32.0 Å². The number of rotatable bonds is 3. The highest BCUT2D eigenvalue weighted by atomic mass is 32.1. The number of nitrogens with one attached hydrogen (secondary N) is 1. The van der Waals surface area contributed by atoms with Crippen molar-refractivity contribution in [2.45, 2.75) is 39.0 Å². The molecule has 0 aliphatic carbocycles. The van der Waals surface area contributed by atoms with Crippen LogP contribution in [0.1, 0.15) is 37.9 Å². The highest BCUT2D eigenvalue weighted by Crippen LogP contribution is 2.50. The third-order valence-corrected chi connectivity index (χ3v) is 6.04. The minimum atomic E-state index is -0.693. The van der Waals surface area contributed by atoms with Crippen molar-refractivity contribution in [3.8, 4) is 5.75 Å². The van der Waals surface area contributed by atoms with Gasteiger partial charge >= 0.3 is 0 Å². The van der Waals surface area contributed by atoms with Crippen LogP contribution in [0.3, 0.4) is 0 Å². The molecule has 1 N–H and O–H groups in total. The third kappa shape index (κ3) is 2.56. The van der Waals surface area contributed by atoms with Crippen LogP contribution in [0, 0.1) is 16.0 Å². The number of non-ortho nitro benzene ring substituents is 1. The van der Waals surface area contributed by atoms with Crippen LogP contribution in [0.25, 0.3) is 0 Å². The molecule has 2 heterocycles. The zero-order valence-electron chi connectivity index (χ0n) is 15.4. The lowest BCUT2D eigenvalue weighted by Crippen LogP contribution is -2.69. The first-order valence-electron chi connectivity index (χ1n) is 9.02. The molecule has 6 nitrogen and oxygen atoms in total. The summed E-state index contributed by atoms with van der Waals surface area (Å²) in [5.41, 5.74) is 2.35. The largest absolute Gasteiger partial charge is 0.467 e. The van der Waals surface area contributed by atoms with Gasteiger partial charge in [0.15, 0.2) is 10.8 Å². The molecule has 2 aliphatic heterocycles. The van der Waals surface area contributed by atoms with Gasteiger partial charge in [-0.05, 0) is 43.3 Å². The SMILES string of the molecule is CCc1ccccc1N1C(=S)N[C@H]2c3cc([N+](=O)[O-])ccc3O[C@]1(C)[C@@H]2C. The summed E-state index contributed by atoms with van der Waals surface area (Å²) in [5.74, 6) is 0.670. The maximum absolute atomic E-state index is 11.2. The molecule has 0 spiro atoms. The van der Waals surface area contributed by atoms with E-state index in [0.717, 1.165) is 17.7 Å². The van der Waals surface area contributed by atoms with Crippen LogP contribution in [0.5, 0.6) is 5.75 Å². The smallest absolute Gasteiger partial charge is 0.270 e. The van der Waals surface area contributed by atoms with E-state index in [1.54, 1.807) is 12.1 Å². The van der Waals surface area contributed by atoms with Gasteiger partial charge in [-0.2, -0.15) is 0 Å². The van der Waals surface area contributed by atoms with E-state index in [9.17, 15) is 10.1 Å². The number of anilines is 1. The van der Waals surface area contributed by atoms with Crippen molar-refractivity contribution < 1.29 is 9.66 Å². The van der Waals surface area contributed by atoms with Crippen LogP contribution >= 0.6 is 12.2 Å². The molecule has 4 rings (SSSR count). The quantitative estimate of drug-likeness (QED) is 0.483. The molecule has 27 heavy (non-hydrogen) atoms.